The largest absolute Gasteiger partial charge is 0.390 e. The Bertz CT molecular complexity index is 205. The van der Waals surface area contributed by atoms with E-state index in [1.165, 1.54) is 51.4 Å². The van der Waals surface area contributed by atoms with E-state index in [2.05, 4.69) is 13.8 Å². The van der Waals surface area contributed by atoms with Crippen LogP contribution >= 0.6 is 0 Å². The van der Waals surface area contributed by atoms with Crippen LogP contribution in [0.3, 0.4) is 0 Å². The van der Waals surface area contributed by atoms with Crippen LogP contribution in [0.15, 0.2) is 0 Å². The fraction of sp³-hybridized carbons (Fsp3) is 1.00. The molecule has 0 heterocycles. The van der Waals surface area contributed by atoms with Gasteiger partial charge in [-0.15, -0.1) is 0 Å². The second-order valence-electron chi connectivity index (χ2n) is 6.21. The van der Waals surface area contributed by atoms with E-state index in [1.807, 2.05) is 0 Å². The number of unbranched alkanes of at least 4 members (excludes halogenated alkanes) is 5. The zero-order valence-electron chi connectivity index (χ0n) is 13.1. The van der Waals surface area contributed by atoms with E-state index in [0.717, 1.165) is 31.8 Å². The summed E-state index contributed by atoms with van der Waals surface area (Å²) in [5.41, 5.74) is 0. The summed E-state index contributed by atoms with van der Waals surface area (Å²) in [6, 6.07) is 0. The number of aliphatic hydroxyl groups is 1. The SMILES string of the molecule is CCCCCCCCOC1CC(CCC)CCC1O. The third-order valence-corrected chi connectivity index (χ3v) is 4.39. The Morgan fingerprint density at radius 3 is 2.42 bits per heavy atom. The van der Waals surface area contributed by atoms with Crippen molar-refractivity contribution in [1.29, 1.82) is 0 Å². The third kappa shape index (κ3) is 7.31. The quantitative estimate of drug-likeness (QED) is 0.583. The molecular formula is C17H34O2. The van der Waals surface area contributed by atoms with Gasteiger partial charge in [0.1, 0.15) is 0 Å². The van der Waals surface area contributed by atoms with Gasteiger partial charge < -0.3 is 9.84 Å². The maximum Gasteiger partial charge on any atom is 0.0836 e. The average Bonchev–Trinajstić information content (AvgIpc) is 2.41. The van der Waals surface area contributed by atoms with Gasteiger partial charge >= 0.3 is 0 Å². The van der Waals surface area contributed by atoms with Crippen LogP contribution in [0.1, 0.15) is 84.5 Å². The molecule has 1 aliphatic rings. The summed E-state index contributed by atoms with van der Waals surface area (Å²) in [4.78, 5) is 0. The van der Waals surface area contributed by atoms with Crippen molar-refractivity contribution in [1.82, 2.24) is 0 Å². The number of hydrogen-bond acceptors (Lipinski definition) is 2. The van der Waals surface area contributed by atoms with Crippen LogP contribution in [-0.2, 0) is 4.74 Å². The predicted molar refractivity (Wildman–Crippen MR) is 81.4 cm³/mol. The van der Waals surface area contributed by atoms with Crippen LogP contribution in [0.5, 0.6) is 0 Å². The van der Waals surface area contributed by atoms with Crippen LogP contribution in [0.4, 0.5) is 0 Å². The molecule has 1 aliphatic carbocycles. The van der Waals surface area contributed by atoms with Crippen LogP contribution in [-0.4, -0.2) is 23.9 Å². The van der Waals surface area contributed by atoms with Gasteiger partial charge in [0.05, 0.1) is 12.2 Å². The van der Waals surface area contributed by atoms with Gasteiger partial charge in [0.15, 0.2) is 0 Å². The third-order valence-electron chi connectivity index (χ3n) is 4.39. The lowest BCUT2D eigenvalue weighted by Crippen LogP contribution is -2.36. The Morgan fingerprint density at radius 1 is 0.947 bits per heavy atom. The Morgan fingerprint density at radius 2 is 1.68 bits per heavy atom. The summed E-state index contributed by atoms with van der Waals surface area (Å²) in [5, 5.41) is 10.0. The van der Waals surface area contributed by atoms with Crippen LogP contribution < -0.4 is 0 Å². The Balaban J connectivity index is 2.06. The van der Waals surface area contributed by atoms with Crippen molar-refractivity contribution in [3.63, 3.8) is 0 Å². The fourth-order valence-corrected chi connectivity index (χ4v) is 3.16. The normalized spacial score (nSPS) is 27.6. The molecule has 1 rings (SSSR count). The molecule has 0 amide bonds. The highest BCUT2D eigenvalue weighted by molar-refractivity contribution is 4.80. The molecule has 0 aliphatic heterocycles. The van der Waals surface area contributed by atoms with Gasteiger partial charge in [-0.25, -0.2) is 0 Å². The van der Waals surface area contributed by atoms with Gasteiger partial charge in [-0.05, 0) is 31.6 Å². The first kappa shape index (κ1) is 17.0. The van der Waals surface area contributed by atoms with Crippen LogP contribution in [0, 0.1) is 5.92 Å². The van der Waals surface area contributed by atoms with E-state index in [9.17, 15) is 5.11 Å². The minimum Gasteiger partial charge on any atom is -0.390 e. The molecule has 1 saturated carbocycles. The monoisotopic (exact) mass is 270 g/mol. The molecule has 1 N–H and O–H groups in total. The topological polar surface area (TPSA) is 29.5 Å². The van der Waals surface area contributed by atoms with Crippen molar-refractivity contribution in [2.45, 2.75) is 96.7 Å². The summed E-state index contributed by atoms with van der Waals surface area (Å²) in [6.45, 7) is 5.34. The molecule has 1 fully saturated rings. The van der Waals surface area contributed by atoms with Crippen LogP contribution in [0.25, 0.3) is 0 Å². The van der Waals surface area contributed by atoms with E-state index in [4.69, 9.17) is 4.74 Å². The Kier molecular flexibility index (Phi) is 9.54. The first-order valence-corrected chi connectivity index (χ1v) is 8.57. The van der Waals surface area contributed by atoms with Gasteiger partial charge in [-0.1, -0.05) is 58.8 Å². The van der Waals surface area contributed by atoms with Gasteiger partial charge in [-0.2, -0.15) is 0 Å². The minimum atomic E-state index is -0.215. The van der Waals surface area contributed by atoms with Crippen molar-refractivity contribution < 1.29 is 9.84 Å². The molecule has 0 radical (unpaired) electrons. The standard InChI is InChI=1S/C17H34O2/c1-3-5-6-7-8-9-13-19-17-14-15(10-4-2)11-12-16(17)18/h15-18H,3-14H2,1-2H3. The van der Waals surface area contributed by atoms with E-state index >= 15 is 0 Å². The maximum absolute atomic E-state index is 10.0. The van der Waals surface area contributed by atoms with E-state index in [-0.39, 0.29) is 12.2 Å². The van der Waals surface area contributed by atoms with E-state index in [1.54, 1.807) is 0 Å². The summed E-state index contributed by atoms with van der Waals surface area (Å²) >= 11 is 0. The van der Waals surface area contributed by atoms with Gasteiger partial charge in [0, 0.05) is 6.61 Å². The predicted octanol–water partition coefficient (Wildman–Crippen LogP) is 4.69. The zero-order valence-corrected chi connectivity index (χ0v) is 13.1. The molecule has 19 heavy (non-hydrogen) atoms. The highest BCUT2D eigenvalue weighted by atomic mass is 16.5. The number of rotatable bonds is 10. The van der Waals surface area contributed by atoms with Gasteiger partial charge in [0.25, 0.3) is 0 Å². The molecule has 0 aromatic heterocycles. The number of aliphatic hydroxyl groups excluding tert-OH is 1. The highest BCUT2D eigenvalue weighted by Crippen LogP contribution is 2.30. The smallest absolute Gasteiger partial charge is 0.0836 e. The molecule has 0 aromatic carbocycles. The molecule has 0 saturated heterocycles. The lowest BCUT2D eigenvalue weighted by molar-refractivity contribution is -0.0729. The molecule has 3 unspecified atom stereocenters. The van der Waals surface area contributed by atoms with Crippen molar-refractivity contribution in [2.75, 3.05) is 6.61 Å². The molecule has 2 heteroatoms. The second-order valence-corrected chi connectivity index (χ2v) is 6.21. The van der Waals surface area contributed by atoms with Crippen molar-refractivity contribution >= 4 is 0 Å². The molecule has 2 nitrogen and oxygen atoms in total. The fourth-order valence-electron chi connectivity index (χ4n) is 3.16. The van der Waals surface area contributed by atoms with Crippen LogP contribution in [0.2, 0.25) is 0 Å². The number of ether oxygens (including phenoxy) is 1. The summed E-state index contributed by atoms with van der Waals surface area (Å²) in [7, 11) is 0. The lowest BCUT2D eigenvalue weighted by atomic mass is 9.83. The average molecular weight is 270 g/mol. The van der Waals surface area contributed by atoms with E-state index < -0.39 is 0 Å². The van der Waals surface area contributed by atoms with Gasteiger partial charge in [0.2, 0.25) is 0 Å². The van der Waals surface area contributed by atoms with Crippen molar-refractivity contribution in [2.24, 2.45) is 5.92 Å². The van der Waals surface area contributed by atoms with Crippen molar-refractivity contribution in [3.8, 4) is 0 Å². The maximum atomic E-state index is 10.0. The molecule has 3 atom stereocenters. The Hall–Kier alpha value is -0.0800. The molecular weight excluding hydrogens is 236 g/mol. The molecule has 0 aromatic rings. The second kappa shape index (κ2) is 10.7. The van der Waals surface area contributed by atoms with Gasteiger partial charge in [-0.3, -0.25) is 0 Å². The molecule has 114 valence electrons. The molecule has 0 spiro atoms. The zero-order chi connectivity index (χ0) is 13.9. The van der Waals surface area contributed by atoms with Crippen molar-refractivity contribution in [3.05, 3.63) is 0 Å². The summed E-state index contributed by atoms with van der Waals surface area (Å²) in [6.07, 6.45) is 13.5. The first-order valence-electron chi connectivity index (χ1n) is 8.57. The summed E-state index contributed by atoms with van der Waals surface area (Å²) in [5.74, 6) is 0.781. The van der Waals surface area contributed by atoms with E-state index in [0.29, 0.717) is 0 Å². The minimum absolute atomic E-state index is 0.112. The first-order chi connectivity index (χ1) is 9.27. The summed E-state index contributed by atoms with van der Waals surface area (Å²) < 4.78 is 5.93. The molecule has 0 bridgehead atoms. The number of hydrogen-bond donors (Lipinski definition) is 1. The Labute approximate surface area is 119 Å². The highest BCUT2D eigenvalue weighted by Gasteiger charge is 2.29. The lowest BCUT2D eigenvalue weighted by Gasteiger charge is -2.33.